The number of rotatable bonds is 2. The Balaban J connectivity index is 2.18. The molecule has 1 N–H and O–H groups in total. The van der Waals surface area contributed by atoms with Crippen LogP contribution in [0.3, 0.4) is 0 Å². The van der Waals surface area contributed by atoms with Crippen molar-refractivity contribution in [2.45, 2.75) is 26.3 Å². The predicted octanol–water partition coefficient (Wildman–Crippen LogP) is 2.84. The summed E-state index contributed by atoms with van der Waals surface area (Å²) in [4.78, 5) is 0. The maximum absolute atomic E-state index is 4.79. The topological polar surface area (TPSA) is 29.9 Å². The van der Waals surface area contributed by atoms with Crippen molar-refractivity contribution in [1.82, 2.24) is 15.1 Å². The van der Waals surface area contributed by atoms with E-state index in [9.17, 15) is 0 Å². The van der Waals surface area contributed by atoms with Gasteiger partial charge in [0.1, 0.15) is 0 Å². The van der Waals surface area contributed by atoms with Crippen LogP contribution in [-0.2, 0) is 19.4 Å². The number of aromatic nitrogens is 2. The molecule has 0 saturated carbocycles. The van der Waals surface area contributed by atoms with E-state index in [1.54, 1.807) is 0 Å². The highest BCUT2D eigenvalue weighted by Gasteiger charge is 2.20. The van der Waals surface area contributed by atoms with E-state index >= 15 is 0 Å². The van der Waals surface area contributed by atoms with Crippen LogP contribution in [0.5, 0.6) is 0 Å². The fourth-order valence-electron chi connectivity index (χ4n) is 2.52. The van der Waals surface area contributed by atoms with Crippen LogP contribution in [0.4, 0.5) is 0 Å². The van der Waals surface area contributed by atoms with E-state index in [4.69, 9.17) is 5.10 Å². The monoisotopic (exact) mass is 305 g/mol. The molecule has 0 unspecified atom stereocenters. The molecule has 0 radical (unpaired) electrons. The Bertz CT molecular complexity index is 574. The second-order valence-corrected chi connectivity index (χ2v) is 5.37. The van der Waals surface area contributed by atoms with Crippen molar-refractivity contribution in [3.63, 3.8) is 0 Å². The van der Waals surface area contributed by atoms with Crippen LogP contribution in [0.15, 0.2) is 28.7 Å². The Morgan fingerprint density at radius 3 is 3.00 bits per heavy atom. The second kappa shape index (κ2) is 4.86. The van der Waals surface area contributed by atoms with Gasteiger partial charge < -0.3 is 5.32 Å². The largest absolute Gasteiger partial charge is 0.312 e. The molecule has 0 amide bonds. The molecule has 18 heavy (non-hydrogen) atoms. The summed E-state index contributed by atoms with van der Waals surface area (Å²) in [6.07, 6.45) is 2.03. The number of para-hydroxylation sites is 1. The molecule has 2 aromatic rings. The first kappa shape index (κ1) is 11.9. The average Bonchev–Trinajstić information content (AvgIpc) is 2.78. The number of hydrogen-bond acceptors (Lipinski definition) is 2. The molecule has 1 aliphatic heterocycles. The molecule has 0 bridgehead atoms. The third kappa shape index (κ3) is 1.89. The van der Waals surface area contributed by atoms with Crippen LogP contribution in [0.1, 0.15) is 23.9 Å². The van der Waals surface area contributed by atoms with Gasteiger partial charge in [-0.2, -0.15) is 5.10 Å². The van der Waals surface area contributed by atoms with Gasteiger partial charge in [0.2, 0.25) is 0 Å². The first-order valence-electron chi connectivity index (χ1n) is 6.36. The van der Waals surface area contributed by atoms with E-state index < -0.39 is 0 Å². The van der Waals surface area contributed by atoms with E-state index in [2.05, 4.69) is 51.1 Å². The zero-order valence-electron chi connectivity index (χ0n) is 10.4. The van der Waals surface area contributed by atoms with Gasteiger partial charge in [0, 0.05) is 29.5 Å². The molecule has 4 heteroatoms. The van der Waals surface area contributed by atoms with Crippen molar-refractivity contribution >= 4 is 15.9 Å². The molecule has 94 valence electrons. The molecule has 1 aromatic carbocycles. The van der Waals surface area contributed by atoms with Crippen molar-refractivity contribution in [3.8, 4) is 5.69 Å². The first-order valence-corrected chi connectivity index (χ1v) is 7.16. The molecule has 1 aliphatic rings. The summed E-state index contributed by atoms with van der Waals surface area (Å²) in [6.45, 7) is 4.15. The van der Waals surface area contributed by atoms with Gasteiger partial charge in [-0.15, -0.1) is 0 Å². The maximum Gasteiger partial charge on any atom is 0.0790 e. The Morgan fingerprint density at radius 2 is 2.22 bits per heavy atom. The molecular weight excluding hydrogens is 290 g/mol. The second-order valence-electron chi connectivity index (χ2n) is 4.52. The number of nitrogens with zero attached hydrogens (tertiary/aromatic N) is 2. The summed E-state index contributed by atoms with van der Waals surface area (Å²) in [5, 5.41) is 8.22. The van der Waals surface area contributed by atoms with Gasteiger partial charge in [-0.25, -0.2) is 4.68 Å². The van der Waals surface area contributed by atoms with Crippen LogP contribution in [0.25, 0.3) is 5.69 Å². The van der Waals surface area contributed by atoms with Gasteiger partial charge in [0.05, 0.1) is 17.1 Å². The maximum atomic E-state index is 4.79. The van der Waals surface area contributed by atoms with Gasteiger partial charge >= 0.3 is 0 Å². The van der Waals surface area contributed by atoms with Gasteiger partial charge in [0.25, 0.3) is 0 Å². The van der Waals surface area contributed by atoms with Gasteiger partial charge in [-0.05, 0) is 34.5 Å². The molecular formula is C14H16BrN3. The van der Waals surface area contributed by atoms with Crippen molar-refractivity contribution < 1.29 is 0 Å². The van der Waals surface area contributed by atoms with E-state index in [0.29, 0.717) is 0 Å². The minimum atomic E-state index is 0.947. The van der Waals surface area contributed by atoms with E-state index in [1.165, 1.54) is 17.0 Å². The van der Waals surface area contributed by atoms with Gasteiger partial charge in [-0.1, -0.05) is 19.1 Å². The molecule has 0 fully saturated rings. The third-order valence-electron chi connectivity index (χ3n) is 3.43. The summed E-state index contributed by atoms with van der Waals surface area (Å²) in [6, 6.07) is 8.27. The molecule has 2 heterocycles. The summed E-state index contributed by atoms with van der Waals surface area (Å²) in [5.74, 6) is 0. The predicted molar refractivity (Wildman–Crippen MR) is 76.1 cm³/mol. The van der Waals surface area contributed by atoms with Crippen molar-refractivity contribution in [2.24, 2.45) is 0 Å². The average molecular weight is 306 g/mol. The lowest BCUT2D eigenvalue weighted by Crippen LogP contribution is -2.25. The third-order valence-corrected chi connectivity index (χ3v) is 4.10. The number of benzene rings is 1. The fraction of sp³-hybridized carbons (Fsp3) is 0.357. The Morgan fingerprint density at radius 1 is 1.39 bits per heavy atom. The lowest BCUT2D eigenvalue weighted by Gasteiger charge is -2.16. The Hall–Kier alpha value is -1.13. The van der Waals surface area contributed by atoms with E-state index in [-0.39, 0.29) is 0 Å². The number of fused-ring (bicyclic) bond motifs is 1. The lowest BCUT2D eigenvalue weighted by molar-refractivity contribution is 0.621. The van der Waals surface area contributed by atoms with Crippen LogP contribution in [-0.4, -0.2) is 16.3 Å². The standard InChI is InChI=1S/C14H16BrN3/c1-2-12-10-9-16-8-7-13(10)18(17-12)14-6-4-3-5-11(14)15/h3-6,16H,2,7-9H2,1H3. The van der Waals surface area contributed by atoms with Crippen LogP contribution in [0, 0.1) is 0 Å². The van der Waals surface area contributed by atoms with Crippen LogP contribution < -0.4 is 5.32 Å². The summed E-state index contributed by atoms with van der Waals surface area (Å²) in [7, 11) is 0. The number of hydrogen-bond donors (Lipinski definition) is 1. The molecule has 0 atom stereocenters. The quantitative estimate of drug-likeness (QED) is 0.924. The highest BCUT2D eigenvalue weighted by Crippen LogP contribution is 2.26. The summed E-state index contributed by atoms with van der Waals surface area (Å²) < 4.78 is 3.20. The number of halogens is 1. The molecule has 3 rings (SSSR count). The first-order chi connectivity index (χ1) is 8.81. The van der Waals surface area contributed by atoms with Crippen LogP contribution >= 0.6 is 15.9 Å². The fourth-order valence-corrected chi connectivity index (χ4v) is 2.98. The zero-order valence-corrected chi connectivity index (χ0v) is 12.0. The highest BCUT2D eigenvalue weighted by molar-refractivity contribution is 9.10. The highest BCUT2D eigenvalue weighted by atomic mass is 79.9. The molecule has 3 nitrogen and oxygen atoms in total. The normalized spacial score (nSPS) is 14.6. The van der Waals surface area contributed by atoms with Crippen molar-refractivity contribution in [2.75, 3.05) is 6.54 Å². The zero-order chi connectivity index (χ0) is 12.5. The SMILES string of the molecule is CCc1nn(-c2ccccc2Br)c2c1CNCC2. The summed E-state index contributed by atoms with van der Waals surface area (Å²) in [5.41, 5.74) is 5.10. The molecule has 0 aliphatic carbocycles. The molecule has 1 aromatic heterocycles. The van der Waals surface area contributed by atoms with Gasteiger partial charge in [-0.3, -0.25) is 0 Å². The van der Waals surface area contributed by atoms with E-state index in [0.717, 1.165) is 36.1 Å². The molecule has 0 spiro atoms. The molecule has 0 saturated heterocycles. The van der Waals surface area contributed by atoms with E-state index in [1.807, 2.05) is 6.07 Å². The van der Waals surface area contributed by atoms with Gasteiger partial charge in [0.15, 0.2) is 0 Å². The van der Waals surface area contributed by atoms with Crippen molar-refractivity contribution in [3.05, 3.63) is 45.7 Å². The van der Waals surface area contributed by atoms with Crippen molar-refractivity contribution in [1.29, 1.82) is 0 Å². The minimum absolute atomic E-state index is 0.947. The Labute approximate surface area is 115 Å². The minimum Gasteiger partial charge on any atom is -0.312 e. The summed E-state index contributed by atoms with van der Waals surface area (Å²) >= 11 is 3.62. The number of aryl methyl sites for hydroxylation is 1. The number of nitrogens with one attached hydrogen (secondary N) is 1. The lowest BCUT2D eigenvalue weighted by atomic mass is 10.1. The smallest absolute Gasteiger partial charge is 0.0790 e. The Kier molecular flexibility index (Phi) is 3.22. The van der Waals surface area contributed by atoms with Crippen LogP contribution in [0.2, 0.25) is 0 Å².